The van der Waals surface area contributed by atoms with E-state index in [2.05, 4.69) is 34.2 Å². The maximum Gasteiger partial charge on any atom is 0.0451 e. The highest BCUT2D eigenvalue weighted by atomic mass is 79.9. The zero-order valence-electron chi connectivity index (χ0n) is 10.2. The van der Waals surface area contributed by atoms with Crippen molar-refractivity contribution in [2.45, 2.75) is 39.2 Å². The van der Waals surface area contributed by atoms with Crippen LogP contribution in [-0.2, 0) is 6.54 Å². The van der Waals surface area contributed by atoms with E-state index >= 15 is 0 Å². The first-order valence-corrected chi connectivity index (χ1v) is 7.47. The summed E-state index contributed by atoms with van der Waals surface area (Å²) >= 11 is 9.64. The van der Waals surface area contributed by atoms with Gasteiger partial charge in [0.05, 0.1) is 0 Å². The van der Waals surface area contributed by atoms with Crippen LogP contribution < -0.4 is 5.32 Å². The molecule has 1 aromatic carbocycles. The molecule has 3 heteroatoms. The van der Waals surface area contributed by atoms with E-state index < -0.39 is 0 Å². The molecular weight excluding hydrogens is 298 g/mol. The molecule has 1 N–H and O–H groups in total. The molecule has 1 fully saturated rings. The van der Waals surface area contributed by atoms with Gasteiger partial charge in [-0.25, -0.2) is 0 Å². The summed E-state index contributed by atoms with van der Waals surface area (Å²) in [5.74, 6) is 0. The first-order chi connectivity index (χ1) is 8.15. The summed E-state index contributed by atoms with van der Waals surface area (Å²) in [5, 5.41) is 4.40. The Bertz CT molecular complexity index is 388. The molecule has 0 aliphatic heterocycles. The summed E-state index contributed by atoms with van der Waals surface area (Å²) < 4.78 is 1.09. The minimum absolute atomic E-state index is 0.604. The summed E-state index contributed by atoms with van der Waals surface area (Å²) in [7, 11) is 0. The third kappa shape index (κ3) is 3.70. The zero-order chi connectivity index (χ0) is 12.3. The van der Waals surface area contributed by atoms with Gasteiger partial charge < -0.3 is 5.32 Å². The number of rotatable bonds is 6. The lowest BCUT2D eigenvalue weighted by Gasteiger charge is -2.15. The fraction of sp³-hybridized carbons (Fsp3) is 0.571. The fourth-order valence-electron chi connectivity index (χ4n) is 2.36. The standard InChI is InChI=1S/C14H19BrClN/c1-2-5-14(6-7-14)10-17-9-11-8-12(15)3-4-13(11)16/h3-4,8,17H,2,5-7,9-10H2,1H3. The molecule has 2 rings (SSSR count). The molecule has 1 saturated carbocycles. The molecular formula is C14H19BrClN. The maximum absolute atomic E-state index is 6.16. The Labute approximate surface area is 117 Å². The second-order valence-corrected chi connectivity index (χ2v) is 6.41. The van der Waals surface area contributed by atoms with Crippen LogP contribution in [0, 0.1) is 5.41 Å². The number of benzene rings is 1. The average Bonchev–Trinajstić information content (AvgIpc) is 3.04. The highest BCUT2D eigenvalue weighted by Gasteiger charge is 2.40. The van der Waals surface area contributed by atoms with Crippen molar-refractivity contribution in [3.05, 3.63) is 33.3 Å². The summed E-state index contributed by atoms with van der Waals surface area (Å²) in [6.07, 6.45) is 5.42. The van der Waals surface area contributed by atoms with Crippen LogP contribution in [0.1, 0.15) is 38.2 Å². The fourth-order valence-corrected chi connectivity index (χ4v) is 2.96. The van der Waals surface area contributed by atoms with E-state index in [1.807, 2.05) is 12.1 Å². The minimum Gasteiger partial charge on any atom is -0.312 e. The Balaban J connectivity index is 1.84. The normalized spacial score (nSPS) is 17.1. The summed E-state index contributed by atoms with van der Waals surface area (Å²) in [4.78, 5) is 0. The van der Waals surface area contributed by atoms with Gasteiger partial charge in [0.1, 0.15) is 0 Å². The summed E-state index contributed by atoms with van der Waals surface area (Å²) in [6, 6.07) is 6.02. The second kappa shape index (κ2) is 5.73. The van der Waals surface area contributed by atoms with Gasteiger partial charge in [-0.05, 0) is 48.4 Å². The van der Waals surface area contributed by atoms with Crippen molar-refractivity contribution in [2.24, 2.45) is 5.41 Å². The van der Waals surface area contributed by atoms with Crippen LogP contribution in [0.3, 0.4) is 0 Å². The van der Waals surface area contributed by atoms with E-state index in [-0.39, 0.29) is 0 Å². The number of hydrogen-bond acceptors (Lipinski definition) is 1. The lowest BCUT2D eigenvalue weighted by molar-refractivity contribution is 0.421. The van der Waals surface area contributed by atoms with Crippen molar-refractivity contribution < 1.29 is 0 Å². The first kappa shape index (κ1) is 13.4. The molecule has 0 amide bonds. The Morgan fingerprint density at radius 3 is 2.82 bits per heavy atom. The molecule has 1 aliphatic carbocycles. The Hall–Kier alpha value is -0.0500. The topological polar surface area (TPSA) is 12.0 Å². The van der Waals surface area contributed by atoms with Gasteiger partial charge in [0, 0.05) is 22.6 Å². The van der Waals surface area contributed by atoms with Crippen LogP contribution in [0.25, 0.3) is 0 Å². The Morgan fingerprint density at radius 1 is 1.41 bits per heavy atom. The molecule has 0 radical (unpaired) electrons. The summed E-state index contributed by atoms with van der Waals surface area (Å²) in [5.41, 5.74) is 1.78. The van der Waals surface area contributed by atoms with Gasteiger partial charge in [-0.15, -0.1) is 0 Å². The predicted octanol–water partition coefficient (Wildman–Crippen LogP) is 4.77. The molecule has 1 aromatic rings. The lowest BCUT2D eigenvalue weighted by atomic mass is 10.0. The smallest absolute Gasteiger partial charge is 0.0451 e. The molecule has 0 spiro atoms. The molecule has 0 unspecified atom stereocenters. The van der Waals surface area contributed by atoms with Crippen LogP contribution in [0.2, 0.25) is 5.02 Å². The van der Waals surface area contributed by atoms with Crippen LogP contribution in [0.15, 0.2) is 22.7 Å². The largest absolute Gasteiger partial charge is 0.312 e. The van der Waals surface area contributed by atoms with Crippen molar-refractivity contribution in [1.82, 2.24) is 5.32 Å². The first-order valence-electron chi connectivity index (χ1n) is 6.30. The van der Waals surface area contributed by atoms with Gasteiger partial charge >= 0.3 is 0 Å². The van der Waals surface area contributed by atoms with Crippen molar-refractivity contribution in [2.75, 3.05) is 6.54 Å². The van der Waals surface area contributed by atoms with Gasteiger partial charge in [0.15, 0.2) is 0 Å². The molecule has 1 nitrogen and oxygen atoms in total. The molecule has 0 saturated heterocycles. The molecule has 17 heavy (non-hydrogen) atoms. The van der Waals surface area contributed by atoms with Crippen molar-refractivity contribution in [3.63, 3.8) is 0 Å². The van der Waals surface area contributed by atoms with E-state index in [0.717, 1.165) is 22.6 Å². The van der Waals surface area contributed by atoms with E-state index in [4.69, 9.17) is 11.6 Å². The molecule has 0 bridgehead atoms. The number of nitrogens with one attached hydrogen (secondary N) is 1. The van der Waals surface area contributed by atoms with Gasteiger partial charge in [-0.2, -0.15) is 0 Å². The monoisotopic (exact) mass is 315 g/mol. The second-order valence-electron chi connectivity index (χ2n) is 5.09. The van der Waals surface area contributed by atoms with Gasteiger partial charge in [-0.1, -0.05) is 40.9 Å². The maximum atomic E-state index is 6.16. The summed E-state index contributed by atoms with van der Waals surface area (Å²) in [6.45, 7) is 4.26. The van der Waals surface area contributed by atoms with Crippen molar-refractivity contribution in [1.29, 1.82) is 0 Å². The quantitative estimate of drug-likeness (QED) is 0.797. The third-order valence-corrected chi connectivity index (χ3v) is 4.42. The molecule has 94 valence electrons. The Kier molecular flexibility index (Phi) is 4.51. The van der Waals surface area contributed by atoms with Crippen LogP contribution in [-0.4, -0.2) is 6.54 Å². The predicted molar refractivity (Wildman–Crippen MR) is 77.4 cm³/mol. The van der Waals surface area contributed by atoms with Crippen LogP contribution in [0.5, 0.6) is 0 Å². The SMILES string of the molecule is CCCC1(CNCc2cc(Br)ccc2Cl)CC1. The highest BCUT2D eigenvalue weighted by Crippen LogP contribution is 2.48. The molecule has 1 aliphatic rings. The molecule has 0 aromatic heterocycles. The van der Waals surface area contributed by atoms with E-state index in [9.17, 15) is 0 Å². The van der Waals surface area contributed by atoms with E-state index in [1.165, 1.54) is 31.2 Å². The van der Waals surface area contributed by atoms with Crippen LogP contribution >= 0.6 is 27.5 Å². The third-order valence-electron chi connectivity index (χ3n) is 3.56. The van der Waals surface area contributed by atoms with E-state index in [0.29, 0.717) is 5.41 Å². The van der Waals surface area contributed by atoms with Crippen molar-refractivity contribution >= 4 is 27.5 Å². The van der Waals surface area contributed by atoms with Gasteiger partial charge in [0.25, 0.3) is 0 Å². The van der Waals surface area contributed by atoms with Crippen LogP contribution in [0.4, 0.5) is 0 Å². The van der Waals surface area contributed by atoms with Crippen molar-refractivity contribution in [3.8, 4) is 0 Å². The Morgan fingerprint density at radius 2 is 2.18 bits per heavy atom. The van der Waals surface area contributed by atoms with E-state index in [1.54, 1.807) is 0 Å². The van der Waals surface area contributed by atoms with Gasteiger partial charge in [0.2, 0.25) is 0 Å². The zero-order valence-corrected chi connectivity index (χ0v) is 12.6. The number of hydrogen-bond donors (Lipinski definition) is 1. The number of halogens is 2. The molecule has 0 heterocycles. The lowest BCUT2D eigenvalue weighted by Crippen LogP contribution is -2.23. The van der Waals surface area contributed by atoms with Gasteiger partial charge in [-0.3, -0.25) is 0 Å². The highest BCUT2D eigenvalue weighted by molar-refractivity contribution is 9.10. The molecule has 0 atom stereocenters. The minimum atomic E-state index is 0.604. The average molecular weight is 317 g/mol.